The molecule has 0 saturated heterocycles. The molecule has 1 aliphatic rings. The van der Waals surface area contributed by atoms with Crippen LogP contribution in [0.4, 0.5) is 5.69 Å². The third kappa shape index (κ3) is 2.55. The van der Waals surface area contributed by atoms with Crippen molar-refractivity contribution >= 4 is 13.9 Å². The van der Waals surface area contributed by atoms with Crippen LogP contribution in [-0.2, 0) is 0 Å². The van der Waals surface area contributed by atoms with Crippen LogP contribution in [0.15, 0.2) is 52.6 Å². The van der Waals surface area contributed by atoms with Crippen molar-refractivity contribution in [3.05, 3.63) is 52.6 Å². The Hall–Kier alpha value is -1.28. The monoisotopic (exact) mass is 271 g/mol. The zero-order valence-electron chi connectivity index (χ0n) is 13.0. The quantitative estimate of drug-likeness (QED) is 0.730. The molecule has 19 heavy (non-hydrogen) atoms. The van der Waals surface area contributed by atoms with E-state index in [9.17, 15) is 0 Å². The average molecular weight is 271 g/mol. The molecule has 0 amide bonds. The van der Waals surface area contributed by atoms with Crippen molar-refractivity contribution in [1.29, 1.82) is 0 Å². The highest BCUT2D eigenvalue weighted by Crippen LogP contribution is 2.46. The second kappa shape index (κ2) is 5.01. The van der Waals surface area contributed by atoms with Gasteiger partial charge in [-0.05, 0) is 51.0 Å². The molecule has 0 radical (unpaired) electrons. The maximum absolute atomic E-state index is 3.83. The number of nitrogens with one attached hydrogen (secondary N) is 1. The molecule has 1 aromatic carbocycles. The molecule has 0 heterocycles. The highest BCUT2D eigenvalue weighted by molar-refractivity contribution is 6.83. The SMILES string of the molecule is CC1=C(C)C([Si](C)(C)Nc2ccccc2)C(C)=C1C. The fourth-order valence-corrected chi connectivity index (χ4v) is 7.05. The minimum atomic E-state index is -1.59. The lowest BCUT2D eigenvalue weighted by atomic mass is 10.1. The van der Waals surface area contributed by atoms with Gasteiger partial charge in [0.1, 0.15) is 0 Å². The first-order chi connectivity index (χ1) is 8.84. The summed E-state index contributed by atoms with van der Waals surface area (Å²) in [5, 5.41) is 0. The predicted octanol–water partition coefficient (Wildman–Crippen LogP) is 5.36. The number of allylic oxidation sites excluding steroid dienone is 4. The van der Waals surface area contributed by atoms with Gasteiger partial charge in [-0.25, -0.2) is 0 Å². The molecule has 0 unspecified atom stereocenters. The number of rotatable bonds is 3. The number of hydrogen-bond acceptors (Lipinski definition) is 1. The fraction of sp³-hybridized carbons (Fsp3) is 0.412. The van der Waals surface area contributed by atoms with Crippen LogP contribution in [0.25, 0.3) is 0 Å². The van der Waals surface area contributed by atoms with Crippen molar-refractivity contribution in [3.8, 4) is 0 Å². The van der Waals surface area contributed by atoms with E-state index in [1.54, 1.807) is 11.1 Å². The zero-order chi connectivity index (χ0) is 14.2. The van der Waals surface area contributed by atoms with Crippen LogP contribution < -0.4 is 4.98 Å². The van der Waals surface area contributed by atoms with E-state index in [0.29, 0.717) is 5.54 Å². The van der Waals surface area contributed by atoms with Gasteiger partial charge in [-0.15, -0.1) is 0 Å². The molecule has 0 aromatic heterocycles. The summed E-state index contributed by atoms with van der Waals surface area (Å²) in [5.74, 6) is 0. The average Bonchev–Trinajstić information content (AvgIpc) is 2.55. The van der Waals surface area contributed by atoms with Gasteiger partial charge in [0.2, 0.25) is 0 Å². The first-order valence-corrected chi connectivity index (χ1v) is 10.1. The summed E-state index contributed by atoms with van der Waals surface area (Å²) >= 11 is 0. The summed E-state index contributed by atoms with van der Waals surface area (Å²) in [6, 6.07) is 10.6. The third-order valence-corrected chi connectivity index (χ3v) is 7.82. The standard InChI is InChI=1S/C17H25NSi/c1-12-13(2)15(4)17(14(12)3)19(5,6)18-16-10-8-7-9-11-16/h7-11,17-18H,1-6H3. The number of benzene rings is 1. The van der Waals surface area contributed by atoms with E-state index in [1.165, 1.54) is 16.8 Å². The van der Waals surface area contributed by atoms with Crippen LogP contribution in [0.2, 0.25) is 18.6 Å². The molecule has 2 heteroatoms. The summed E-state index contributed by atoms with van der Waals surface area (Å²) in [6.45, 7) is 14.0. The molecule has 0 spiro atoms. The zero-order valence-corrected chi connectivity index (χ0v) is 14.0. The Bertz CT molecular complexity index is 514. The minimum absolute atomic E-state index is 0.618. The van der Waals surface area contributed by atoms with E-state index in [2.05, 4.69) is 76.1 Å². The van der Waals surface area contributed by atoms with E-state index in [0.717, 1.165) is 0 Å². The highest BCUT2D eigenvalue weighted by Gasteiger charge is 2.39. The predicted molar refractivity (Wildman–Crippen MR) is 88.0 cm³/mol. The van der Waals surface area contributed by atoms with Crippen molar-refractivity contribution in [3.63, 3.8) is 0 Å². The van der Waals surface area contributed by atoms with Gasteiger partial charge in [0.15, 0.2) is 8.24 Å². The van der Waals surface area contributed by atoms with Crippen molar-refractivity contribution in [1.82, 2.24) is 0 Å². The van der Waals surface area contributed by atoms with Gasteiger partial charge in [-0.2, -0.15) is 0 Å². The largest absolute Gasteiger partial charge is 0.410 e. The van der Waals surface area contributed by atoms with E-state index in [1.807, 2.05) is 0 Å². The fourth-order valence-electron chi connectivity index (χ4n) is 3.40. The molecular formula is C17H25NSi. The van der Waals surface area contributed by atoms with Crippen LogP contribution in [0, 0.1) is 0 Å². The summed E-state index contributed by atoms with van der Waals surface area (Å²) in [6.07, 6.45) is 0. The van der Waals surface area contributed by atoms with Crippen LogP contribution in [-0.4, -0.2) is 8.24 Å². The smallest absolute Gasteiger partial charge is 0.158 e. The molecule has 0 fully saturated rings. The molecule has 1 nitrogen and oxygen atoms in total. The lowest BCUT2D eigenvalue weighted by Gasteiger charge is -2.34. The Morgan fingerprint density at radius 3 is 1.79 bits per heavy atom. The second-order valence-corrected chi connectivity index (χ2v) is 10.5. The van der Waals surface area contributed by atoms with Gasteiger partial charge in [-0.3, -0.25) is 0 Å². The maximum atomic E-state index is 3.83. The highest BCUT2D eigenvalue weighted by atomic mass is 28.3. The minimum Gasteiger partial charge on any atom is -0.410 e. The summed E-state index contributed by atoms with van der Waals surface area (Å²) in [7, 11) is -1.59. The molecule has 0 aliphatic heterocycles. The number of para-hydroxylation sites is 1. The summed E-state index contributed by atoms with van der Waals surface area (Å²) in [5.41, 5.74) is 8.00. The number of hydrogen-bond donors (Lipinski definition) is 1. The Balaban J connectivity index is 2.31. The van der Waals surface area contributed by atoms with Gasteiger partial charge in [0.05, 0.1) is 0 Å². The molecule has 0 bridgehead atoms. The van der Waals surface area contributed by atoms with Crippen molar-refractivity contribution < 1.29 is 0 Å². The maximum Gasteiger partial charge on any atom is 0.158 e. The molecule has 0 atom stereocenters. The van der Waals surface area contributed by atoms with Crippen LogP contribution in [0.5, 0.6) is 0 Å². The van der Waals surface area contributed by atoms with E-state index >= 15 is 0 Å². The molecule has 2 rings (SSSR count). The second-order valence-electron chi connectivity index (χ2n) is 6.26. The molecule has 1 aromatic rings. The van der Waals surface area contributed by atoms with Crippen LogP contribution in [0.1, 0.15) is 27.7 Å². The normalized spacial score (nSPS) is 17.4. The van der Waals surface area contributed by atoms with Crippen molar-refractivity contribution in [2.75, 3.05) is 4.98 Å². The Morgan fingerprint density at radius 1 is 0.842 bits per heavy atom. The van der Waals surface area contributed by atoms with E-state index in [-0.39, 0.29) is 0 Å². The van der Waals surface area contributed by atoms with E-state index < -0.39 is 8.24 Å². The first-order valence-electron chi connectivity index (χ1n) is 7.03. The topological polar surface area (TPSA) is 12.0 Å². The van der Waals surface area contributed by atoms with Crippen molar-refractivity contribution in [2.24, 2.45) is 0 Å². The van der Waals surface area contributed by atoms with Gasteiger partial charge in [-0.1, -0.05) is 42.4 Å². The molecule has 0 saturated carbocycles. The Labute approximate surface area is 118 Å². The lowest BCUT2D eigenvalue weighted by molar-refractivity contribution is 1.07. The summed E-state index contributed by atoms with van der Waals surface area (Å²) in [4.78, 5) is 3.83. The molecule has 102 valence electrons. The lowest BCUT2D eigenvalue weighted by Crippen LogP contribution is -2.42. The number of anilines is 1. The van der Waals surface area contributed by atoms with Gasteiger partial charge < -0.3 is 4.98 Å². The Kier molecular flexibility index (Phi) is 3.72. The summed E-state index contributed by atoms with van der Waals surface area (Å²) < 4.78 is 0. The van der Waals surface area contributed by atoms with E-state index in [4.69, 9.17) is 0 Å². The van der Waals surface area contributed by atoms with Crippen LogP contribution >= 0.6 is 0 Å². The van der Waals surface area contributed by atoms with Gasteiger partial charge in [0, 0.05) is 11.2 Å². The van der Waals surface area contributed by atoms with Crippen LogP contribution in [0.3, 0.4) is 0 Å². The van der Waals surface area contributed by atoms with Gasteiger partial charge in [0.25, 0.3) is 0 Å². The molecular weight excluding hydrogens is 246 g/mol. The third-order valence-electron chi connectivity index (χ3n) is 4.57. The van der Waals surface area contributed by atoms with Gasteiger partial charge >= 0.3 is 0 Å². The van der Waals surface area contributed by atoms with Crippen molar-refractivity contribution in [2.45, 2.75) is 46.3 Å². The molecule has 1 aliphatic carbocycles. The Morgan fingerprint density at radius 2 is 1.32 bits per heavy atom. The first kappa shape index (κ1) is 14.1. The molecule has 1 N–H and O–H groups in total.